The topological polar surface area (TPSA) is 32.9 Å². The maximum Gasteiger partial charge on any atom is 0.176 e. The lowest BCUT2D eigenvalue weighted by atomic mass is 10.1. The van der Waals surface area contributed by atoms with Crippen LogP contribution in [0.5, 0.6) is 0 Å². The molecule has 0 saturated heterocycles. The van der Waals surface area contributed by atoms with Crippen molar-refractivity contribution in [3.8, 4) is 0 Å². The maximum atomic E-state index is 13.5. The molecule has 1 aromatic carbocycles. The molecule has 1 aromatic heterocycles. The van der Waals surface area contributed by atoms with Gasteiger partial charge in [-0.05, 0) is 24.6 Å². The van der Waals surface area contributed by atoms with Gasteiger partial charge < -0.3 is 4.98 Å². The molecular weight excluding hydrogens is 217 g/mol. The number of fused-ring (bicyclic) bond motifs is 1. The molecule has 2 rings (SSSR count). The van der Waals surface area contributed by atoms with E-state index < -0.39 is 0 Å². The van der Waals surface area contributed by atoms with Gasteiger partial charge in [0.2, 0.25) is 0 Å². The first kappa shape index (κ1) is 10.2. The van der Waals surface area contributed by atoms with E-state index in [2.05, 4.69) is 4.98 Å². The van der Waals surface area contributed by atoms with Crippen LogP contribution < -0.4 is 0 Å². The summed E-state index contributed by atoms with van der Waals surface area (Å²) in [5.41, 5.74) is 1.51. The summed E-state index contributed by atoms with van der Waals surface area (Å²) in [5, 5.41) is 0.815. The molecule has 0 radical (unpaired) electrons. The molecule has 15 heavy (non-hydrogen) atoms. The van der Waals surface area contributed by atoms with Gasteiger partial charge in [0.15, 0.2) is 5.78 Å². The van der Waals surface area contributed by atoms with Crippen molar-refractivity contribution in [2.24, 2.45) is 0 Å². The van der Waals surface area contributed by atoms with Gasteiger partial charge in [-0.1, -0.05) is 11.6 Å². The average Bonchev–Trinajstić information content (AvgIpc) is 2.51. The second-order valence-electron chi connectivity index (χ2n) is 3.46. The van der Waals surface area contributed by atoms with Crippen molar-refractivity contribution in [3.63, 3.8) is 0 Å². The summed E-state index contributed by atoms with van der Waals surface area (Å²) >= 11 is 5.91. The number of Topliss-reactive ketones (excluding diaryl/α,β-unsaturated/α-hetero) is 1. The van der Waals surface area contributed by atoms with E-state index in [0.717, 1.165) is 0 Å². The fourth-order valence-corrected chi connectivity index (χ4v) is 1.94. The van der Waals surface area contributed by atoms with E-state index in [1.165, 1.54) is 19.1 Å². The Morgan fingerprint density at radius 1 is 1.47 bits per heavy atom. The van der Waals surface area contributed by atoms with Crippen LogP contribution in [0, 0.1) is 12.7 Å². The molecule has 4 heteroatoms. The molecule has 0 amide bonds. The Morgan fingerprint density at radius 2 is 2.13 bits per heavy atom. The number of aryl methyl sites for hydroxylation is 1. The van der Waals surface area contributed by atoms with Gasteiger partial charge in [0.25, 0.3) is 0 Å². The normalized spacial score (nSPS) is 10.9. The summed E-state index contributed by atoms with van der Waals surface area (Å²) in [5.74, 6) is -0.491. The number of benzene rings is 1. The van der Waals surface area contributed by atoms with Gasteiger partial charge in [0.1, 0.15) is 5.82 Å². The largest absolute Gasteiger partial charge is 0.351 e. The lowest BCUT2D eigenvalue weighted by Gasteiger charge is -1.96. The van der Waals surface area contributed by atoms with Crippen LogP contribution in [0.2, 0.25) is 5.02 Å². The molecule has 0 saturated carbocycles. The predicted octanol–water partition coefficient (Wildman–Crippen LogP) is 3.47. The van der Waals surface area contributed by atoms with Gasteiger partial charge in [0, 0.05) is 12.3 Å². The van der Waals surface area contributed by atoms with E-state index in [0.29, 0.717) is 27.2 Å². The summed E-state index contributed by atoms with van der Waals surface area (Å²) in [6.07, 6.45) is 0. The summed E-state index contributed by atoms with van der Waals surface area (Å²) < 4.78 is 13.5. The van der Waals surface area contributed by atoms with Crippen molar-refractivity contribution in [2.45, 2.75) is 13.8 Å². The number of carbonyl (C=O) groups is 1. The summed E-state index contributed by atoms with van der Waals surface area (Å²) in [4.78, 5) is 14.1. The molecule has 0 fully saturated rings. The highest BCUT2D eigenvalue weighted by Crippen LogP contribution is 2.30. The minimum absolute atomic E-state index is 0.126. The molecule has 0 aliphatic carbocycles. The number of nitrogens with one attached hydrogen (secondary N) is 1. The van der Waals surface area contributed by atoms with E-state index >= 15 is 0 Å². The molecule has 0 aliphatic heterocycles. The zero-order valence-corrected chi connectivity index (χ0v) is 9.07. The monoisotopic (exact) mass is 225 g/mol. The van der Waals surface area contributed by atoms with Crippen LogP contribution >= 0.6 is 11.6 Å². The number of H-pyrrole nitrogens is 1. The number of carbonyl (C=O) groups excluding carboxylic acids is 1. The number of hydrogen-bond acceptors (Lipinski definition) is 1. The third-order valence-electron chi connectivity index (χ3n) is 2.46. The fourth-order valence-electron chi connectivity index (χ4n) is 1.74. The highest BCUT2D eigenvalue weighted by atomic mass is 35.5. The number of hydrogen-bond donors (Lipinski definition) is 1. The van der Waals surface area contributed by atoms with Crippen LogP contribution in [0.25, 0.3) is 10.9 Å². The second kappa shape index (κ2) is 3.35. The van der Waals surface area contributed by atoms with Gasteiger partial charge in [-0.25, -0.2) is 4.39 Å². The quantitative estimate of drug-likeness (QED) is 0.741. The van der Waals surface area contributed by atoms with E-state index in [9.17, 15) is 9.18 Å². The molecule has 0 spiro atoms. The molecule has 78 valence electrons. The summed E-state index contributed by atoms with van der Waals surface area (Å²) in [7, 11) is 0. The van der Waals surface area contributed by atoms with Gasteiger partial charge >= 0.3 is 0 Å². The summed E-state index contributed by atoms with van der Waals surface area (Å²) in [6, 6.07) is 2.77. The number of rotatable bonds is 1. The molecule has 0 atom stereocenters. The molecule has 1 N–H and O–H groups in total. The Labute approximate surface area is 91.0 Å². The van der Waals surface area contributed by atoms with Crippen molar-refractivity contribution in [2.75, 3.05) is 0 Å². The van der Waals surface area contributed by atoms with Crippen molar-refractivity contribution in [1.29, 1.82) is 0 Å². The van der Waals surface area contributed by atoms with Crippen LogP contribution in [-0.4, -0.2) is 10.8 Å². The Hall–Kier alpha value is -1.35. The third kappa shape index (κ3) is 1.43. The Morgan fingerprint density at radius 3 is 2.67 bits per heavy atom. The number of ketones is 1. The van der Waals surface area contributed by atoms with Crippen molar-refractivity contribution >= 4 is 28.3 Å². The Bertz CT molecular complexity index is 559. The van der Waals surface area contributed by atoms with Crippen LogP contribution in [0.3, 0.4) is 0 Å². The van der Waals surface area contributed by atoms with E-state index in [1.807, 2.05) is 0 Å². The molecule has 0 unspecified atom stereocenters. The van der Waals surface area contributed by atoms with Crippen molar-refractivity contribution in [3.05, 3.63) is 34.2 Å². The molecular formula is C11H9ClFNO. The van der Waals surface area contributed by atoms with Crippen LogP contribution in [-0.2, 0) is 0 Å². The minimum atomic E-state index is -0.365. The number of aromatic amines is 1. The molecule has 2 aromatic rings. The van der Waals surface area contributed by atoms with Crippen LogP contribution in [0.15, 0.2) is 12.1 Å². The van der Waals surface area contributed by atoms with Crippen molar-refractivity contribution < 1.29 is 9.18 Å². The maximum absolute atomic E-state index is 13.5. The van der Waals surface area contributed by atoms with E-state index in [-0.39, 0.29) is 11.6 Å². The van der Waals surface area contributed by atoms with E-state index in [1.54, 1.807) is 6.92 Å². The van der Waals surface area contributed by atoms with E-state index in [4.69, 9.17) is 11.6 Å². The van der Waals surface area contributed by atoms with Crippen molar-refractivity contribution in [1.82, 2.24) is 4.98 Å². The lowest BCUT2D eigenvalue weighted by Crippen LogP contribution is -1.93. The zero-order valence-electron chi connectivity index (χ0n) is 8.32. The van der Waals surface area contributed by atoms with Crippen LogP contribution in [0.1, 0.15) is 23.0 Å². The molecule has 0 bridgehead atoms. The third-order valence-corrected chi connectivity index (χ3v) is 2.77. The van der Waals surface area contributed by atoms with Crippen LogP contribution in [0.4, 0.5) is 4.39 Å². The second-order valence-corrected chi connectivity index (χ2v) is 3.87. The zero-order chi connectivity index (χ0) is 11.2. The predicted molar refractivity (Wildman–Crippen MR) is 58.0 cm³/mol. The highest BCUT2D eigenvalue weighted by Gasteiger charge is 2.16. The van der Waals surface area contributed by atoms with Gasteiger partial charge in [0.05, 0.1) is 16.2 Å². The van der Waals surface area contributed by atoms with Gasteiger partial charge in [-0.3, -0.25) is 4.79 Å². The first-order valence-corrected chi connectivity index (χ1v) is 4.87. The average molecular weight is 226 g/mol. The number of aromatic nitrogens is 1. The highest BCUT2D eigenvalue weighted by molar-refractivity contribution is 6.35. The minimum Gasteiger partial charge on any atom is -0.351 e. The standard InChI is InChI=1S/C11H9ClFNO/c1-5-9-8(13)4-3-7(12)11(9)14-10(5)6(2)15/h3-4,14H,1-2H3. The Kier molecular flexibility index (Phi) is 2.27. The Balaban J connectivity index is 2.93. The number of halogens is 2. The smallest absolute Gasteiger partial charge is 0.176 e. The first-order valence-electron chi connectivity index (χ1n) is 4.49. The first-order chi connectivity index (χ1) is 7.02. The summed E-state index contributed by atoms with van der Waals surface area (Å²) in [6.45, 7) is 3.14. The SMILES string of the molecule is CC(=O)c1[nH]c2c(Cl)ccc(F)c2c1C. The molecule has 2 nitrogen and oxygen atoms in total. The van der Waals surface area contributed by atoms with Gasteiger partial charge in [-0.2, -0.15) is 0 Å². The fraction of sp³-hybridized carbons (Fsp3) is 0.182. The molecule has 0 aliphatic rings. The molecule has 1 heterocycles. The van der Waals surface area contributed by atoms with Gasteiger partial charge in [-0.15, -0.1) is 0 Å². The lowest BCUT2D eigenvalue weighted by molar-refractivity contribution is 0.101.